The predicted molar refractivity (Wildman–Crippen MR) is 75.8 cm³/mol. The molecular weight excluding hydrogens is 260 g/mol. The second-order valence-corrected chi connectivity index (χ2v) is 5.90. The molecule has 1 aliphatic carbocycles. The Kier molecular flexibility index (Phi) is 5.51. The van der Waals surface area contributed by atoms with Crippen LogP contribution in [0.2, 0.25) is 0 Å². The lowest BCUT2D eigenvalue weighted by Gasteiger charge is -2.15. The average molecular weight is 280 g/mol. The normalized spacial score (nSPS) is 16.8. The van der Waals surface area contributed by atoms with Gasteiger partial charge in [-0.15, -0.1) is 0 Å². The molecule has 1 heterocycles. The van der Waals surface area contributed by atoms with Crippen molar-refractivity contribution in [1.82, 2.24) is 5.32 Å². The van der Waals surface area contributed by atoms with Crippen molar-refractivity contribution in [2.75, 3.05) is 5.75 Å². The van der Waals surface area contributed by atoms with Crippen molar-refractivity contribution in [2.24, 2.45) is 0 Å². The van der Waals surface area contributed by atoms with E-state index in [4.69, 9.17) is 0 Å². The molecule has 0 atom stereocenters. The molecule has 0 unspecified atom stereocenters. The maximum absolute atomic E-state index is 11.9. The Morgan fingerprint density at radius 1 is 1.32 bits per heavy atom. The minimum atomic E-state index is 0.0285. The summed E-state index contributed by atoms with van der Waals surface area (Å²) < 4.78 is 0.795. The van der Waals surface area contributed by atoms with Crippen LogP contribution in [-0.2, 0) is 4.79 Å². The number of carbonyl (C=O) groups excluding carboxylic acids is 1. The first-order valence-electron chi connectivity index (χ1n) is 6.86. The Balaban J connectivity index is 1.76. The van der Waals surface area contributed by atoms with E-state index in [1.807, 2.05) is 0 Å². The maximum atomic E-state index is 11.9. The van der Waals surface area contributed by atoms with Gasteiger partial charge in [-0.3, -0.25) is 4.79 Å². The molecule has 1 fully saturated rings. The molecule has 1 N–H and O–H groups in total. The van der Waals surface area contributed by atoms with Crippen LogP contribution in [-0.4, -0.2) is 17.7 Å². The number of carbonyl (C=O) groups is 1. The first kappa shape index (κ1) is 14.2. The minimum Gasteiger partial charge on any atom is -0.618 e. The Morgan fingerprint density at radius 3 is 2.74 bits per heavy atom. The van der Waals surface area contributed by atoms with Crippen LogP contribution in [0.4, 0.5) is 0 Å². The molecule has 1 amide bonds. The van der Waals surface area contributed by atoms with Crippen LogP contribution in [0.15, 0.2) is 29.4 Å². The van der Waals surface area contributed by atoms with Crippen molar-refractivity contribution >= 4 is 17.7 Å². The van der Waals surface area contributed by atoms with E-state index in [0.717, 1.165) is 17.6 Å². The highest BCUT2D eigenvalue weighted by Crippen LogP contribution is 2.18. The summed E-state index contributed by atoms with van der Waals surface area (Å²) in [5.74, 6) is 0.337. The summed E-state index contributed by atoms with van der Waals surface area (Å²) in [5.41, 5.74) is 0. The largest absolute Gasteiger partial charge is 0.618 e. The molecule has 0 bridgehead atoms. The Labute approximate surface area is 118 Å². The van der Waals surface area contributed by atoms with Gasteiger partial charge in [0, 0.05) is 18.2 Å². The second kappa shape index (κ2) is 7.38. The van der Waals surface area contributed by atoms with Crippen LogP contribution in [0.25, 0.3) is 0 Å². The smallest absolute Gasteiger partial charge is 0.251 e. The highest BCUT2D eigenvalue weighted by atomic mass is 32.2. The van der Waals surface area contributed by atoms with E-state index in [0.29, 0.717) is 16.8 Å². The summed E-state index contributed by atoms with van der Waals surface area (Å²) >= 11 is 1.29. The lowest BCUT2D eigenvalue weighted by Crippen LogP contribution is -2.36. The standard InChI is InChI=1S/C14H20N2O2S/c17-13(15-12-7-3-1-2-4-8-12)11-19-14-9-5-6-10-16(14)18/h5-6,9-10,12H,1-4,7-8,11H2,(H,15,17). The maximum Gasteiger partial charge on any atom is 0.251 e. The van der Waals surface area contributed by atoms with Crippen molar-refractivity contribution in [1.29, 1.82) is 0 Å². The van der Waals surface area contributed by atoms with Gasteiger partial charge in [0.05, 0.1) is 5.75 Å². The van der Waals surface area contributed by atoms with Gasteiger partial charge in [-0.1, -0.05) is 25.7 Å². The summed E-state index contributed by atoms with van der Waals surface area (Å²) in [5, 5.41) is 15.1. The number of pyridine rings is 1. The zero-order valence-electron chi connectivity index (χ0n) is 11.0. The number of rotatable bonds is 4. The Bertz CT molecular complexity index is 418. The van der Waals surface area contributed by atoms with E-state index in [9.17, 15) is 10.0 Å². The third-order valence-corrected chi connectivity index (χ3v) is 4.38. The summed E-state index contributed by atoms with van der Waals surface area (Å²) in [4.78, 5) is 11.9. The Morgan fingerprint density at radius 2 is 2.05 bits per heavy atom. The van der Waals surface area contributed by atoms with Crippen molar-refractivity contribution in [2.45, 2.75) is 49.6 Å². The first-order chi connectivity index (χ1) is 9.25. The molecule has 0 aliphatic heterocycles. The molecule has 1 saturated carbocycles. The van der Waals surface area contributed by atoms with Gasteiger partial charge in [0.1, 0.15) is 0 Å². The van der Waals surface area contributed by atoms with Gasteiger partial charge in [-0.25, -0.2) is 0 Å². The van der Waals surface area contributed by atoms with Crippen molar-refractivity contribution in [3.63, 3.8) is 0 Å². The third-order valence-electron chi connectivity index (χ3n) is 3.36. The summed E-state index contributed by atoms with van der Waals surface area (Å²) in [7, 11) is 0. The SMILES string of the molecule is O=C(CSc1cccc[n+]1[O-])NC1CCCCCC1. The molecule has 0 saturated heterocycles. The number of amides is 1. The minimum absolute atomic E-state index is 0.0285. The summed E-state index contributed by atoms with van der Waals surface area (Å²) in [6.45, 7) is 0. The monoisotopic (exact) mass is 280 g/mol. The highest BCUT2D eigenvalue weighted by molar-refractivity contribution is 7.99. The fourth-order valence-electron chi connectivity index (χ4n) is 2.36. The van der Waals surface area contributed by atoms with Crippen molar-refractivity contribution in [3.05, 3.63) is 29.6 Å². The van der Waals surface area contributed by atoms with Crippen LogP contribution in [0.5, 0.6) is 0 Å². The molecule has 2 rings (SSSR count). The van der Waals surface area contributed by atoms with Crippen LogP contribution < -0.4 is 10.0 Å². The summed E-state index contributed by atoms with van der Waals surface area (Å²) in [6.07, 6.45) is 8.59. The first-order valence-corrected chi connectivity index (χ1v) is 7.84. The number of thioether (sulfide) groups is 1. The van der Waals surface area contributed by atoms with Gasteiger partial charge < -0.3 is 10.5 Å². The lowest BCUT2D eigenvalue weighted by atomic mass is 10.1. The van der Waals surface area contributed by atoms with Crippen LogP contribution >= 0.6 is 11.8 Å². The zero-order valence-corrected chi connectivity index (χ0v) is 11.8. The molecular formula is C14H20N2O2S. The number of hydrogen-bond donors (Lipinski definition) is 1. The zero-order chi connectivity index (χ0) is 13.5. The average Bonchev–Trinajstić information content (AvgIpc) is 2.66. The van der Waals surface area contributed by atoms with E-state index >= 15 is 0 Å². The second-order valence-electron chi connectivity index (χ2n) is 4.91. The van der Waals surface area contributed by atoms with Gasteiger partial charge in [0.2, 0.25) is 5.91 Å². The molecule has 5 heteroatoms. The van der Waals surface area contributed by atoms with Gasteiger partial charge in [0.15, 0.2) is 6.20 Å². The molecule has 0 aromatic carbocycles. The molecule has 104 valence electrons. The molecule has 1 aromatic heterocycles. The molecule has 0 radical (unpaired) electrons. The van der Waals surface area contributed by atoms with Gasteiger partial charge in [-0.05, 0) is 30.7 Å². The quantitative estimate of drug-likeness (QED) is 0.398. The van der Waals surface area contributed by atoms with E-state index in [1.54, 1.807) is 18.2 Å². The number of nitrogens with one attached hydrogen (secondary N) is 1. The Hall–Kier alpha value is -1.23. The van der Waals surface area contributed by atoms with E-state index in [2.05, 4.69) is 5.32 Å². The molecule has 4 nitrogen and oxygen atoms in total. The van der Waals surface area contributed by atoms with Crippen molar-refractivity contribution in [3.8, 4) is 0 Å². The highest BCUT2D eigenvalue weighted by Gasteiger charge is 2.15. The number of aromatic nitrogens is 1. The molecule has 0 spiro atoms. The van der Waals surface area contributed by atoms with Gasteiger partial charge in [-0.2, -0.15) is 4.73 Å². The molecule has 19 heavy (non-hydrogen) atoms. The van der Waals surface area contributed by atoms with Crippen LogP contribution in [0, 0.1) is 5.21 Å². The fourth-order valence-corrected chi connectivity index (χ4v) is 3.08. The van der Waals surface area contributed by atoms with E-state index in [1.165, 1.54) is 43.6 Å². The van der Waals surface area contributed by atoms with Gasteiger partial charge >= 0.3 is 0 Å². The number of hydrogen-bond acceptors (Lipinski definition) is 3. The van der Waals surface area contributed by atoms with Crippen LogP contribution in [0.1, 0.15) is 38.5 Å². The summed E-state index contributed by atoms with van der Waals surface area (Å²) in [6, 6.07) is 5.55. The van der Waals surface area contributed by atoms with Gasteiger partial charge in [0.25, 0.3) is 5.03 Å². The van der Waals surface area contributed by atoms with E-state index in [-0.39, 0.29) is 5.91 Å². The van der Waals surface area contributed by atoms with E-state index < -0.39 is 0 Å². The predicted octanol–water partition coefficient (Wildman–Crippen LogP) is 2.25. The number of nitrogens with zero attached hydrogens (tertiary/aromatic N) is 1. The molecule has 1 aromatic rings. The molecule has 1 aliphatic rings. The van der Waals surface area contributed by atoms with Crippen LogP contribution in [0.3, 0.4) is 0 Å². The van der Waals surface area contributed by atoms with Crippen molar-refractivity contribution < 1.29 is 9.52 Å². The third kappa shape index (κ3) is 4.74. The fraction of sp³-hybridized carbons (Fsp3) is 0.571. The topological polar surface area (TPSA) is 56.0 Å². The lowest BCUT2D eigenvalue weighted by molar-refractivity contribution is -0.645.